The van der Waals surface area contributed by atoms with E-state index in [2.05, 4.69) is 20.5 Å². The first kappa shape index (κ1) is 15.7. The average Bonchev–Trinajstić information content (AvgIpc) is 3.03. The zero-order valence-corrected chi connectivity index (χ0v) is 14.1. The van der Waals surface area contributed by atoms with Crippen LogP contribution in [0.1, 0.15) is 22.1 Å². The van der Waals surface area contributed by atoms with Crippen LogP contribution in [0.2, 0.25) is 0 Å². The van der Waals surface area contributed by atoms with Gasteiger partial charge in [0.05, 0.1) is 22.9 Å². The van der Waals surface area contributed by atoms with Crippen LogP contribution in [-0.4, -0.2) is 26.8 Å². The molecule has 25 heavy (non-hydrogen) atoms. The summed E-state index contributed by atoms with van der Waals surface area (Å²) in [4.78, 5) is 16.1. The van der Waals surface area contributed by atoms with Crippen molar-refractivity contribution in [3.63, 3.8) is 0 Å². The Kier molecular flexibility index (Phi) is 4.39. The molecule has 1 aliphatic heterocycles. The van der Waals surface area contributed by atoms with Crippen LogP contribution in [-0.2, 0) is 11.4 Å². The number of aromatic amines is 1. The molecular weight excluding hydrogens is 336 g/mol. The number of carbonyl (C=O) groups is 1. The zero-order valence-electron chi connectivity index (χ0n) is 13.3. The number of amides is 1. The highest BCUT2D eigenvalue weighted by molar-refractivity contribution is 8.00. The highest BCUT2D eigenvalue weighted by atomic mass is 32.2. The van der Waals surface area contributed by atoms with Crippen molar-refractivity contribution in [1.29, 1.82) is 0 Å². The van der Waals surface area contributed by atoms with Gasteiger partial charge < -0.3 is 10.1 Å². The molecule has 2 aromatic heterocycles. The standard InChI is InChI=1S/C18H16N4O2S/c23-16-11-25-17(15-9-20-22-18(15)21-16)12-4-3-6-14(8-12)24-10-13-5-1-2-7-19-13/h1-9,17H,10-11H2,(H2,20,21,22,23)/t17-/m0/s1. The molecule has 7 heteroatoms. The summed E-state index contributed by atoms with van der Waals surface area (Å²) in [5.74, 6) is 1.81. The van der Waals surface area contributed by atoms with Crippen LogP contribution >= 0.6 is 11.8 Å². The topological polar surface area (TPSA) is 79.9 Å². The van der Waals surface area contributed by atoms with Gasteiger partial charge in [-0.3, -0.25) is 14.9 Å². The minimum absolute atomic E-state index is 0.0195. The normalized spacial score (nSPS) is 16.6. The van der Waals surface area contributed by atoms with Gasteiger partial charge in [0.25, 0.3) is 0 Å². The summed E-state index contributed by atoms with van der Waals surface area (Å²) >= 11 is 1.58. The average molecular weight is 352 g/mol. The summed E-state index contributed by atoms with van der Waals surface area (Å²) in [5, 5.41) is 9.78. The lowest BCUT2D eigenvalue weighted by molar-refractivity contribution is -0.113. The largest absolute Gasteiger partial charge is 0.487 e. The second-order valence-corrected chi connectivity index (χ2v) is 6.72. The number of aromatic nitrogens is 3. The van der Waals surface area contributed by atoms with Crippen molar-refractivity contribution in [3.8, 4) is 5.75 Å². The molecule has 0 fully saturated rings. The second-order valence-electron chi connectivity index (χ2n) is 5.62. The molecule has 0 radical (unpaired) electrons. The smallest absolute Gasteiger partial charge is 0.235 e. The molecule has 1 amide bonds. The third kappa shape index (κ3) is 3.51. The number of nitrogens with one attached hydrogen (secondary N) is 2. The molecule has 126 valence electrons. The molecule has 0 spiro atoms. The molecule has 3 aromatic rings. The number of hydrogen-bond donors (Lipinski definition) is 2. The zero-order chi connectivity index (χ0) is 17.1. The van der Waals surface area contributed by atoms with E-state index in [0.29, 0.717) is 18.2 Å². The number of ether oxygens (including phenoxy) is 1. The van der Waals surface area contributed by atoms with Crippen molar-refractivity contribution in [2.75, 3.05) is 11.1 Å². The maximum atomic E-state index is 11.8. The second kappa shape index (κ2) is 6.98. The summed E-state index contributed by atoms with van der Waals surface area (Å²) in [5.41, 5.74) is 2.92. The molecule has 0 aliphatic carbocycles. The van der Waals surface area contributed by atoms with Crippen LogP contribution in [0.15, 0.2) is 54.9 Å². The molecule has 0 saturated carbocycles. The molecule has 1 aliphatic rings. The van der Waals surface area contributed by atoms with Gasteiger partial charge in [-0.15, -0.1) is 11.8 Å². The lowest BCUT2D eigenvalue weighted by Gasteiger charge is -2.15. The summed E-state index contributed by atoms with van der Waals surface area (Å²) in [6.45, 7) is 0.416. The number of fused-ring (bicyclic) bond motifs is 1. The molecule has 6 nitrogen and oxygen atoms in total. The van der Waals surface area contributed by atoms with Crippen LogP contribution in [0.3, 0.4) is 0 Å². The van der Waals surface area contributed by atoms with Crippen molar-refractivity contribution in [3.05, 3.63) is 71.7 Å². The number of hydrogen-bond acceptors (Lipinski definition) is 5. The molecule has 4 rings (SSSR count). The Morgan fingerprint density at radius 2 is 2.20 bits per heavy atom. The van der Waals surface area contributed by atoms with Crippen LogP contribution in [0.4, 0.5) is 5.82 Å². The first-order valence-electron chi connectivity index (χ1n) is 7.87. The van der Waals surface area contributed by atoms with Gasteiger partial charge in [0, 0.05) is 11.8 Å². The SMILES string of the molecule is O=C1CS[C@@H](c2cccc(OCc3ccccn3)c2)c2cn[nH]c2N1. The Hall–Kier alpha value is -2.80. The molecule has 1 aromatic carbocycles. The van der Waals surface area contributed by atoms with Crippen molar-refractivity contribution in [2.45, 2.75) is 11.9 Å². The number of pyridine rings is 1. The maximum Gasteiger partial charge on any atom is 0.235 e. The van der Waals surface area contributed by atoms with E-state index in [4.69, 9.17) is 4.74 Å². The molecule has 0 unspecified atom stereocenters. The maximum absolute atomic E-state index is 11.8. The molecule has 2 N–H and O–H groups in total. The van der Waals surface area contributed by atoms with E-state index in [1.54, 1.807) is 24.2 Å². The Morgan fingerprint density at radius 1 is 1.24 bits per heavy atom. The fourth-order valence-electron chi connectivity index (χ4n) is 2.70. The predicted octanol–water partition coefficient (Wildman–Crippen LogP) is 3.16. The van der Waals surface area contributed by atoms with Gasteiger partial charge in [-0.2, -0.15) is 5.10 Å². The fraction of sp³-hybridized carbons (Fsp3) is 0.167. The number of nitrogens with zero attached hydrogens (tertiary/aromatic N) is 2. The van der Waals surface area contributed by atoms with Crippen LogP contribution in [0.5, 0.6) is 5.75 Å². The third-order valence-corrected chi connectivity index (χ3v) is 5.16. The number of rotatable bonds is 4. The van der Waals surface area contributed by atoms with E-state index >= 15 is 0 Å². The molecule has 3 heterocycles. The van der Waals surface area contributed by atoms with Crippen molar-refractivity contribution >= 4 is 23.5 Å². The van der Waals surface area contributed by atoms with Crippen molar-refractivity contribution < 1.29 is 9.53 Å². The molecule has 1 atom stereocenters. The Labute approximate surface area is 149 Å². The quantitative estimate of drug-likeness (QED) is 0.754. The van der Waals surface area contributed by atoms with Gasteiger partial charge in [0.15, 0.2) is 0 Å². The van der Waals surface area contributed by atoms with E-state index in [9.17, 15) is 4.79 Å². The monoisotopic (exact) mass is 352 g/mol. The minimum Gasteiger partial charge on any atom is -0.487 e. The minimum atomic E-state index is -0.0273. The first-order chi connectivity index (χ1) is 12.3. The van der Waals surface area contributed by atoms with Gasteiger partial charge in [0.2, 0.25) is 5.91 Å². The Bertz CT molecular complexity index is 882. The van der Waals surface area contributed by atoms with Gasteiger partial charge in [-0.25, -0.2) is 0 Å². The lowest BCUT2D eigenvalue weighted by Crippen LogP contribution is -2.12. The molecular formula is C18H16N4O2S. The van der Waals surface area contributed by atoms with Crippen molar-refractivity contribution in [1.82, 2.24) is 15.2 Å². The van der Waals surface area contributed by atoms with Gasteiger partial charge in [-0.1, -0.05) is 18.2 Å². The predicted molar refractivity (Wildman–Crippen MR) is 96.5 cm³/mol. The summed E-state index contributed by atoms with van der Waals surface area (Å²) in [6, 6.07) is 13.7. The van der Waals surface area contributed by atoms with E-state index in [0.717, 1.165) is 22.6 Å². The summed E-state index contributed by atoms with van der Waals surface area (Å²) in [7, 11) is 0. The van der Waals surface area contributed by atoms with E-state index in [1.165, 1.54) is 0 Å². The summed E-state index contributed by atoms with van der Waals surface area (Å²) in [6.07, 6.45) is 3.52. The van der Waals surface area contributed by atoms with Crippen LogP contribution < -0.4 is 10.1 Å². The number of anilines is 1. The number of thioether (sulfide) groups is 1. The molecule has 0 saturated heterocycles. The highest BCUT2D eigenvalue weighted by Gasteiger charge is 2.25. The van der Waals surface area contributed by atoms with Gasteiger partial charge in [-0.05, 0) is 29.8 Å². The molecule has 0 bridgehead atoms. The Morgan fingerprint density at radius 3 is 3.08 bits per heavy atom. The third-order valence-electron chi connectivity index (χ3n) is 3.87. The number of benzene rings is 1. The highest BCUT2D eigenvalue weighted by Crippen LogP contribution is 2.41. The number of carbonyl (C=O) groups excluding carboxylic acids is 1. The van der Waals surface area contributed by atoms with E-state index in [-0.39, 0.29) is 11.2 Å². The van der Waals surface area contributed by atoms with Crippen LogP contribution in [0.25, 0.3) is 0 Å². The van der Waals surface area contributed by atoms with Gasteiger partial charge >= 0.3 is 0 Å². The van der Waals surface area contributed by atoms with Gasteiger partial charge in [0.1, 0.15) is 18.2 Å². The lowest BCUT2D eigenvalue weighted by atomic mass is 10.1. The summed E-state index contributed by atoms with van der Waals surface area (Å²) < 4.78 is 5.87. The fourth-order valence-corrected chi connectivity index (χ4v) is 3.79. The van der Waals surface area contributed by atoms with E-state index < -0.39 is 0 Å². The van der Waals surface area contributed by atoms with E-state index in [1.807, 2.05) is 42.5 Å². The van der Waals surface area contributed by atoms with Crippen molar-refractivity contribution in [2.24, 2.45) is 0 Å². The van der Waals surface area contributed by atoms with Crippen LogP contribution in [0, 0.1) is 0 Å². The Balaban J connectivity index is 1.56. The first-order valence-corrected chi connectivity index (χ1v) is 8.92. The number of H-pyrrole nitrogens is 1.